The van der Waals surface area contributed by atoms with Gasteiger partial charge in [-0.2, -0.15) is 0 Å². The minimum Gasteiger partial charge on any atom is -0.351 e. The smallest absolute Gasteiger partial charge is 0.230 e. The van der Waals surface area contributed by atoms with Gasteiger partial charge < -0.3 is 5.32 Å². The molecule has 29 heavy (non-hydrogen) atoms. The molecule has 0 aliphatic heterocycles. The Morgan fingerprint density at radius 2 is 1.48 bits per heavy atom. The van der Waals surface area contributed by atoms with Crippen LogP contribution in [0.3, 0.4) is 0 Å². The average molecular weight is 401 g/mol. The maximum atomic E-state index is 12.2. The molecule has 0 saturated heterocycles. The summed E-state index contributed by atoms with van der Waals surface area (Å²) in [5.74, 6) is 0.972. The van der Waals surface area contributed by atoms with Crippen molar-refractivity contribution in [3.05, 3.63) is 96.6 Å². The molecule has 1 aromatic heterocycles. The zero-order chi connectivity index (χ0) is 19.9. The van der Waals surface area contributed by atoms with E-state index in [-0.39, 0.29) is 11.7 Å². The van der Waals surface area contributed by atoms with Crippen LogP contribution in [0.5, 0.6) is 0 Å². The van der Waals surface area contributed by atoms with E-state index in [2.05, 4.69) is 15.4 Å². The molecule has 1 amide bonds. The summed E-state index contributed by atoms with van der Waals surface area (Å²) in [5, 5.41) is 8.14. The maximum absolute atomic E-state index is 12.2. The molecule has 0 aliphatic carbocycles. The van der Waals surface area contributed by atoms with Gasteiger partial charge in [-0.05, 0) is 17.7 Å². The van der Waals surface area contributed by atoms with Gasteiger partial charge in [-0.3, -0.25) is 4.79 Å². The van der Waals surface area contributed by atoms with Crippen LogP contribution < -0.4 is 5.32 Å². The van der Waals surface area contributed by atoms with Gasteiger partial charge in [0.2, 0.25) is 11.1 Å². The van der Waals surface area contributed by atoms with Crippen molar-refractivity contribution in [3.8, 4) is 17.1 Å². The molecule has 0 spiro atoms. The molecule has 1 heterocycles. The normalized spacial score (nSPS) is 10.6. The number of aromatic nitrogens is 3. The van der Waals surface area contributed by atoms with Crippen LogP contribution in [0.2, 0.25) is 0 Å². The summed E-state index contributed by atoms with van der Waals surface area (Å²) in [6.07, 6.45) is 0. The van der Waals surface area contributed by atoms with Gasteiger partial charge in [0, 0.05) is 12.1 Å². The summed E-state index contributed by atoms with van der Waals surface area (Å²) >= 11 is 1.33. The molecule has 0 atom stereocenters. The van der Waals surface area contributed by atoms with E-state index in [1.807, 2.05) is 95.7 Å². The quantitative estimate of drug-likeness (QED) is 0.469. The first kappa shape index (κ1) is 19.0. The Balaban J connectivity index is 1.48. The number of hydrogen-bond acceptors (Lipinski definition) is 4. The van der Waals surface area contributed by atoms with Gasteiger partial charge in [-0.1, -0.05) is 90.6 Å². The molecule has 6 heteroatoms. The Bertz CT molecular complexity index is 1010. The molecule has 1 N–H and O–H groups in total. The Hall–Kier alpha value is -3.38. The minimum absolute atomic E-state index is 0.0452. The third-order valence-corrected chi connectivity index (χ3v) is 5.12. The Morgan fingerprint density at radius 3 is 2.17 bits per heavy atom. The summed E-state index contributed by atoms with van der Waals surface area (Å²) < 4.78 is 1.82. The van der Waals surface area contributed by atoms with E-state index in [4.69, 9.17) is 0 Å². The monoisotopic (exact) mass is 400 g/mol. The predicted molar refractivity (Wildman–Crippen MR) is 116 cm³/mol. The van der Waals surface area contributed by atoms with E-state index in [1.54, 1.807) is 0 Å². The van der Waals surface area contributed by atoms with Crippen LogP contribution >= 0.6 is 11.8 Å². The highest BCUT2D eigenvalue weighted by Crippen LogP contribution is 2.24. The Labute approximate surface area is 173 Å². The summed E-state index contributed by atoms with van der Waals surface area (Å²) in [6, 6.07) is 29.7. The number of para-hydroxylation sites is 1. The number of thioether (sulfide) groups is 1. The standard InChI is InChI=1S/C23H20N4OS/c28-21(24-16-18-10-4-1-5-11-18)17-29-23-25-22(19-12-6-2-7-13-19)27(26-23)20-14-8-3-9-15-20/h1-15H,16-17H2,(H,24,28). The van der Waals surface area contributed by atoms with Crippen LogP contribution in [0.1, 0.15) is 5.56 Å². The van der Waals surface area contributed by atoms with Crippen molar-refractivity contribution in [1.29, 1.82) is 0 Å². The van der Waals surface area contributed by atoms with Crippen LogP contribution in [-0.2, 0) is 11.3 Å². The molecule has 0 fully saturated rings. The third kappa shape index (κ3) is 4.92. The number of rotatable bonds is 7. The second kappa shape index (κ2) is 9.21. The molecule has 144 valence electrons. The summed E-state index contributed by atoms with van der Waals surface area (Å²) in [7, 11) is 0. The van der Waals surface area contributed by atoms with Crippen molar-refractivity contribution < 1.29 is 4.79 Å². The van der Waals surface area contributed by atoms with Gasteiger partial charge in [0.05, 0.1) is 11.4 Å². The van der Waals surface area contributed by atoms with E-state index >= 15 is 0 Å². The molecular weight excluding hydrogens is 380 g/mol. The molecule has 0 bridgehead atoms. The second-order valence-electron chi connectivity index (χ2n) is 6.38. The highest BCUT2D eigenvalue weighted by Gasteiger charge is 2.15. The number of carbonyl (C=O) groups is 1. The fourth-order valence-electron chi connectivity index (χ4n) is 2.86. The van der Waals surface area contributed by atoms with E-state index in [0.717, 1.165) is 22.6 Å². The molecule has 3 aromatic carbocycles. The van der Waals surface area contributed by atoms with Gasteiger partial charge in [0.25, 0.3) is 0 Å². The van der Waals surface area contributed by atoms with Crippen LogP contribution in [-0.4, -0.2) is 26.4 Å². The van der Waals surface area contributed by atoms with Crippen LogP contribution in [0.25, 0.3) is 17.1 Å². The van der Waals surface area contributed by atoms with Gasteiger partial charge >= 0.3 is 0 Å². The SMILES string of the molecule is O=C(CSc1nc(-c2ccccc2)n(-c2ccccc2)n1)NCc1ccccc1. The van der Waals surface area contributed by atoms with Crippen molar-refractivity contribution in [2.45, 2.75) is 11.7 Å². The molecule has 4 aromatic rings. The molecule has 0 aliphatic rings. The molecule has 5 nitrogen and oxygen atoms in total. The number of amides is 1. The number of benzene rings is 3. The zero-order valence-electron chi connectivity index (χ0n) is 15.7. The lowest BCUT2D eigenvalue weighted by Crippen LogP contribution is -2.24. The zero-order valence-corrected chi connectivity index (χ0v) is 16.5. The number of hydrogen-bond donors (Lipinski definition) is 1. The average Bonchev–Trinajstić information content (AvgIpc) is 3.23. The maximum Gasteiger partial charge on any atom is 0.230 e. The van der Waals surface area contributed by atoms with Crippen molar-refractivity contribution >= 4 is 17.7 Å². The lowest BCUT2D eigenvalue weighted by atomic mass is 10.2. The summed E-state index contributed by atoms with van der Waals surface area (Å²) in [6.45, 7) is 0.515. The predicted octanol–water partition coefficient (Wildman–Crippen LogP) is 4.34. The number of carbonyl (C=O) groups excluding carboxylic acids is 1. The van der Waals surface area contributed by atoms with Gasteiger partial charge in [-0.25, -0.2) is 9.67 Å². The first-order valence-electron chi connectivity index (χ1n) is 9.31. The number of nitrogens with one attached hydrogen (secondary N) is 1. The number of nitrogens with zero attached hydrogens (tertiary/aromatic N) is 3. The Kier molecular flexibility index (Phi) is 6.02. The van der Waals surface area contributed by atoms with Crippen molar-refractivity contribution in [2.75, 3.05) is 5.75 Å². The largest absolute Gasteiger partial charge is 0.351 e. The van der Waals surface area contributed by atoms with Crippen LogP contribution in [0.15, 0.2) is 96.2 Å². The highest BCUT2D eigenvalue weighted by molar-refractivity contribution is 7.99. The van der Waals surface area contributed by atoms with Crippen LogP contribution in [0.4, 0.5) is 0 Å². The molecule has 0 unspecified atom stereocenters. The van der Waals surface area contributed by atoms with E-state index in [1.165, 1.54) is 11.8 Å². The minimum atomic E-state index is -0.0452. The molecular formula is C23H20N4OS. The van der Waals surface area contributed by atoms with E-state index in [0.29, 0.717) is 11.7 Å². The topological polar surface area (TPSA) is 59.8 Å². The van der Waals surface area contributed by atoms with E-state index in [9.17, 15) is 4.79 Å². The van der Waals surface area contributed by atoms with Crippen molar-refractivity contribution in [2.24, 2.45) is 0 Å². The van der Waals surface area contributed by atoms with Crippen molar-refractivity contribution in [1.82, 2.24) is 20.1 Å². The third-order valence-electron chi connectivity index (χ3n) is 4.29. The lowest BCUT2D eigenvalue weighted by Gasteiger charge is -2.05. The molecule has 0 saturated carbocycles. The van der Waals surface area contributed by atoms with Gasteiger partial charge in [0.15, 0.2) is 5.82 Å². The second-order valence-corrected chi connectivity index (χ2v) is 7.32. The first-order chi connectivity index (χ1) is 14.3. The summed E-state index contributed by atoms with van der Waals surface area (Å²) in [4.78, 5) is 16.9. The summed E-state index contributed by atoms with van der Waals surface area (Å²) in [5.41, 5.74) is 2.98. The van der Waals surface area contributed by atoms with Gasteiger partial charge in [0.1, 0.15) is 0 Å². The molecule has 4 rings (SSSR count). The van der Waals surface area contributed by atoms with E-state index < -0.39 is 0 Å². The molecule has 0 radical (unpaired) electrons. The Morgan fingerprint density at radius 1 is 0.862 bits per heavy atom. The first-order valence-corrected chi connectivity index (χ1v) is 10.3. The fourth-order valence-corrected chi connectivity index (χ4v) is 3.51. The van der Waals surface area contributed by atoms with Gasteiger partial charge in [-0.15, -0.1) is 5.10 Å². The highest BCUT2D eigenvalue weighted by atomic mass is 32.2. The fraction of sp³-hybridized carbons (Fsp3) is 0.0870. The lowest BCUT2D eigenvalue weighted by molar-refractivity contribution is -0.118. The van der Waals surface area contributed by atoms with Crippen LogP contribution in [0, 0.1) is 0 Å². The van der Waals surface area contributed by atoms with Crippen molar-refractivity contribution in [3.63, 3.8) is 0 Å².